The second-order valence-electron chi connectivity index (χ2n) is 7.71. The molecule has 1 aromatic rings. The third-order valence-electron chi connectivity index (χ3n) is 6.37. The van der Waals surface area contributed by atoms with E-state index in [0.717, 1.165) is 30.2 Å². The van der Waals surface area contributed by atoms with Gasteiger partial charge in [0, 0.05) is 11.1 Å². The second kappa shape index (κ2) is 7.99. The van der Waals surface area contributed by atoms with Gasteiger partial charge < -0.3 is 0 Å². The molecule has 24 heavy (non-hydrogen) atoms. The summed E-state index contributed by atoms with van der Waals surface area (Å²) in [6.45, 7) is 1.50. The van der Waals surface area contributed by atoms with Crippen LogP contribution in [0.15, 0.2) is 23.7 Å². The van der Waals surface area contributed by atoms with E-state index in [-0.39, 0.29) is 5.56 Å². The van der Waals surface area contributed by atoms with Crippen molar-refractivity contribution in [2.45, 2.75) is 64.2 Å². The van der Waals surface area contributed by atoms with Crippen molar-refractivity contribution in [2.24, 2.45) is 17.8 Å². The van der Waals surface area contributed by atoms with Crippen LogP contribution >= 0.6 is 11.6 Å². The van der Waals surface area contributed by atoms with Crippen molar-refractivity contribution >= 4 is 11.6 Å². The summed E-state index contributed by atoms with van der Waals surface area (Å²) in [5.74, 6) is 1.80. The molecule has 0 radical (unpaired) electrons. The standard InChI is InChI=1S/C21H27ClF2/c1-14-20(23)12-19(13-21(14)24)18-8-6-17(7-9-18)16-4-2-15(3-5-16)10-11-22/h10-13,15-18H,2-9H2,1H3/b11-10+/t15-,16-,17?,18?. The molecule has 2 saturated carbocycles. The SMILES string of the molecule is Cc1c(F)cc(C2CCC([C@H]3CC[C@H](/C=C/Cl)CC3)CC2)cc1F. The van der Waals surface area contributed by atoms with Crippen LogP contribution in [0.4, 0.5) is 8.78 Å². The molecular formula is C21H27ClF2. The molecule has 0 bridgehead atoms. The van der Waals surface area contributed by atoms with E-state index in [1.54, 1.807) is 17.7 Å². The molecule has 0 N–H and O–H groups in total. The number of allylic oxidation sites excluding steroid dienone is 1. The molecule has 0 unspecified atom stereocenters. The van der Waals surface area contributed by atoms with Crippen molar-refractivity contribution < 1.29 is 8.78 Å². The highest BCUT2D eigenvalue weighted by Crippen LogP contribution is 2.44. The number of hydrogen-bond acceptors (Lipinski definition) is 0. The summed E-state index contributed by atoms with van der Waals surface area (Å²) in [6.07, 6.45) is 11.8. The van der Waals surface area contributed by atoms with Gasteiger partial charge in [0.05, 0.1) is 0 Å². The Morgan fingerprint density at radius 1 is 0.875 bits per heavy atom. The minimum Gasteiger partial charge on any atom is -0.207 e. The molecule has 1 aromatic carbocycles. The van der Waals surface area contributed by atoms with Crippen molar-refractivity contribution in [1.29, 1.82) is 0 Å². The highest BCUT2D eigenvalue weighted by atomic mass is 35.5. The first-order valence-corrected chi connectivity index (χ1v) is 9.74. The molecule has 0 amide bonds. The average molecular weight is 353 g/mol. The predicted octanol–water partition coefficient (Wildman–Crippen LogP) is 7.11. The number of hydrogen-bond donors (Lipinski definition) is 0. The van der Waals surface area contributed by atoms with Crippen LogP contribution in [0.3, 0.4) is 0 Å². The van der Waals surface area contributed by atoms with Gasteiger partial charge in [0.25, 0.3) is 0 Å². The maximum absolute atomic E-state index is 13.8. The minimum absolute atomic E-state index is 0.134. The van der Waals surface area contributed by atoms with Gasteiger partial charge >= 0.3 is 0 Å². The summed E-state index contributed by atoms with van der Waals surface area (Å²) >= 11 is 5.69. The molecule has 0 spiro atoms. The Hall–Kier alpha value is -0.890. The van der Waals surface area contributed by atoms with Gasteiger partial charge in [-0.2, -0.15) is 0 Å². The molecular weight excluding hydrogens is 326 g/mol. The molecule has 2 aliphatic rings. The van der Waals surface area contributed by atoms with Crippen LogP contribution in [0, 0.1) is 36.3 Å². The summed E-state index contributed by atoms with van der Waals surface area (Å²) in [5.41, 5.74) is 2.65. The minimum atomic E-state index is -0.405. The average Bonchev–Trinajstić information content (AvgIpc) is 2.60. The fourth-order valence-corrected chi connectivity index (χ4v) is 4.94. The second-order valence-corrected chi connectivity index (χ2v) is 7.97. The normalized spacial score (nSPS) is 31.5. The van der Waals surface area contributed by atoms with E-state index in [9.17, 15) is 8.78 Å². The number of benzene rings is 1. The van der Waals surface area contributed by atoms with E-state index in [1.165, 1.54) is 45.4 Å². The quantitative estimate of drug-likeness (QED) is 0.543. The smallest absolute Gasteiger partial charge is 0.129 e. The van der Waals surface area contributed by atoms with Crippen molar-refractivity contribution in [3.8, 4) is 0 Å². The zero-order valence-corrected chi connectivity index (χ0v) is 15.2. The molecule has 0 aromatic heterocycles. The first kappa shape index (κ1) is 17.9. The van der Waals surface area contributed by atoms with Gasteiger partial charge in [0.2, 0.25) is 0 Å². The van der Waals surface area contributed by atoms with E-state index in [4.69, 9.17) is 11.6 Å². The molecule has 0 nitrogen and oxygen atoms in total. The van der Waals surface area contributed by atoms with E-state index in [2.05, 4.69) is 6.08 Å². The summed E-state index contributed by atoms with van der Waals surface area (Å²) in [4.78, 5) is 0. The third-order valence-corrected chi connectivity index (χ3v) is 6.52. The first-order chi connectivity index (χ1) is 11.6. The van der Waals surface area contributed by atoms with Gasteiger partial charge in [-0.1, -0.05) is 17.7 Å². The van der Waals surface area contributed by atoms with E-state index in [0.29, 0.717) is 11.8 Å². The first-order valence-electron chi connectivity index (χ1n) is 9.31. The highest BCUT2D eigenvalue weighted by molar-refractivity contribution is 6.25. The maximum atomic E-state index is 13.8. The number of rotatable bonds is 3. The Bertz CT molecular complexity index is 556. The lowest BCUT2D eigenvalue weighted by Crippen LogP contribution is -2.25. The van der Waals surface area contributed by atoms with Crippen LogP contribution in [-0.4, -0.2) is 0 Å². The van der Waals surface area contributed by atoms with E-state index in [1.807, 2.05) is 0 Å². The zero-order chi connectivity index (χ0) is 17.1. The van der Waals surface area contributed by atoms with Crippen LogP contribution in [-0.2, 0) is 0 Å². The lowest BCUT2D eigenvalue weighted by molar-refractivity contribution is 0.171. The molecule has 3 heteroatoms. The lowest BCUT2D eigenvalue weighted by atomic mass is 9.68. The van der Waals surface area contributed by atoms with Gasteiger partial charge in [-0.15, -0.1) is 0 Å². The van der Waals surface area contributed by atoms with E-state index >= 15 is 0 Å². The Labute approximate surface area is 149 Å². The van der Waals surface area contributed by atoms with Crippen molar-refractivity contribution in [2.75, 3.05) is 0 Å². The molecule has 3 rings (SSSR count). The Balaban J connectivity index is 1.55. The van der Waals surface area contributed by atoms with Crippen LogP contribution in [0.1, 0.15) is 68.4 Å². The van der Waals surface area contributed by atoms with E-state index < -0.39 is 11.6 Å². The fourth-order valence-electron chi connectivity index (χ4n) is 4.74. The van der Waals surface area contributed by atoms with Crippen LogP contribution < -0.4 is 0 Å². The Kier molecular flexibility index (Phi) is 5.97. The van der Waals surface area contributed by atoms with Gasteiger partial charge in [-0.25, -0.2) is 8.78 Å². The van der Waals surface area contributed by atoms with Crippen molar-refractivity contribution in [3.05, 3.63) is 46.5 Å². The summed E-state index contributed by atoms with van der Waals surface area (Å²) < 4.78 is 27.6. The summed E-state index contributed by atoms with van der Waals surface area (Å²) in [5, 5.41) is 0. The molecule has 0 heterocycles. The van der Waals surface area contributed by atoms with Crippen molar-refractivity contribution in [1.82, 2.24) is 0 Å². The Morgan fingerprint density at radius 3 is 1.88 bits per heavy atom. The number of halogens is 3. The monoisotopic (exact) mass is 352 g/mol. The van der Waals surface area contributed by atoms with Crippen LogP contribution in [0.5, 0.6) is 0 Å². The zero-order valence-electron chi connectivity index (χ0n) is 14.4. The van der Waals surface area contributed by atoms with Gasteiger partial charge in [-0.05, 0) is 99.7 Å². The highest BCUT2D eigenvalue weighted by Gasteiger charge is 2.31. The maximum Gasteiger partial charge on any atom is 0.129 e. The topological polar surface area (TPSA) is 0 Å². The summed E-state index contributed by atoms with van der Waals surface area (Å²) in [6, 6.07) is 3.10. The third kappa shape index (κ3) is 4.02. The van der Waals surface area contributed by atoms with Gasteiger partial charge in [0.15, 0.2) is 0 Å². The van der Waals surface area contributed by atoms with Gasteiger partial charge in [-0.3, -0.25) is 0 Å². The predicted molar refractivity (Wildman–Crippen MR) is 96.2 cm³/mol. The molecule has 132 valence electrons. The van der Waals surface area contributed by atoms with Crippen molar-refractivity contribution in [3.63, 3.8) is 0 Å². The van der Waals surface area contributed by atoms with Crippen LogP contribution in [0.25, 0.3) is 0 Å². The van der Waals surface area contributed by atoms with Crippen LogP contribution in [0.2, 0.25) is 0 Å². The molecule has 0 atom stereocenters. The lowest BCUT2D eigenvalue weighted by Gasteiger charge is -2.37. The summed E-state index contributed by atoms with van der Waals surface area (Å²) in [7, 11) is 0. The fraction of sp³-hybridized carbons (Fsp3) is 0.619. The van der Waals surface area contributed by atoms with Gasteiger partial charge in [0.1, 0.15) is 11.6 Å². The largest absolute Gasteiger partial charge is 0.207 e. The Morgan fingerprint density at radius 2 is 1.38 bits per heavy atom. The molecule has 2 aliphatic carbocycles. The molecule has 0 aliphatic heterocycles. The molecule has 0 saturated heterocycles. The molecule has 2 fully saturated rings.